The van der Waals surface area contributed by atoms with Crippen LogP contribution in [0.15, 0.2) is 73.1 Å². The monoisotopic (exact) mass is 486 g/mol. The van der Waals surface area contributed by atoms with Gasteiger partial charge in [0.25, 0.3) is 0 Å². The first-order valence-corrected chi connectivity index (χ1v) is 11.8. The Kier molecular flexibility index (Phi) is 7.28. The third-order valence-corrected chi connectivity index (χ3v) is 6.19. The largest absolute Gasteiger partial charge is 0.495 e. The summed E-state index contributed by atoms with van der Waals surface area (Å²) < 4.78 is 7.14. The topological polar surface area (TPSA) is 102 Å². The van der Waals surface area contributed by atoms with Crippen LogP contribution in [0.4, 0.5) is 5.69 Å². The van der Waals surface area contributed by atoms with Crippen LogP contribution in [0.3, 0.4) is 0 Å². The van der Waals surface area contributed by atoms with Crippen molar-refractivity contribution in [2.75, 3.05) is 12.0 Å². The highest BCUT2D eigenvalue weighted by Crippen LogP contribution is 2.35. The van der Waals surface area contributed by atoms with E-state index >= 15 is 0 Å². The molecule has 2 heterocycles. The van der Waals surface area contributed by atoms with E-state index in [0.717, 1.165) is 11.9 Å². The fourth-order valence-corrected chi connectivity index (χ4v) is 3.94. The van der Waals surface area contributed by atoms with Crippen LogP contribution in [0, 0.1) is 0 Å². The molecule has 0 aliphatic heterocycles. The van der Waals surface area contributed by atoms with Crippen molar-refractivity contribution in [3.8, 4) is 5.75 Å². The fourth-order valence-electron chi connectivity index (χ4n) is 3.94. The number of nitrogens with one attached hydrogen (secondary N) is 1. The van der Waals surface area contributed by atoms with Gasteiger partial charge in [-0.2, -0.15) is 0 Å². The van der Waals surface area contributed by atoms with Gasteiger partial charge in [0.15, 0.2) is 0 Å². The summed E-state index contributed by atoms with van der Waals surface area (Å²) in [5.74, 6) is -0.187. The van der Waals surface area contributed by atoms with E-state index in [9.17, 15) is 9.59 Å². The van der Waals surface area contributed by atoms with Gasteiger partial charge in [-0.25, -0.2) is 4.68 Å². The number of para-hydroxylation sites is 3. The molecule has 0 saturated heterocycles. The number of fused-ring (bicyclic) bond motifs is 1. The molecule has 2 amide bonds. The summed E-state index contributed by atoms with van der Waals surface area (Å²) >= 11 is 0. The van der Waals surface area contributed by atoms with Crippen LogP contribution >= 0.6 is 0 Å². The number of nitrogens with zero attached hydrogens (tertiary/aromatic N) is 5. The maximum absolute atomic E-state index is 14.1. The molecule has 0 spiro atoms. The van der Waals surface area contributed by atoms with Gasteiger partial charge in [-0.1, -0.05) is 36.4 Å². The summed E-state index contributed by atoms with van der Waals surface area (Å²) in [5.41, 5.74) is 2.03. The lowest BCUT2D eigenvalue weighted by Crippen LogP contribution is -2.51. The summed E-state index contributed by atoms with van der Waals surface area (Å²) in [6, 6.07) is 17.1. The first-order chi connectivity index (χ1) is 17.3. The average molecular weight is 487 g/mol. The van der Waals surface area contributed by atoms with Crippen molar-refractivity contribution in [3.05, 3.63) is 78.6 Å². The number of rotatable bonds is 9. The van der Waals surface area contributed by atoms with E-state index in [1.54, 1.807) is 42.7 Å². The predicted molar refractivity (Wildman–Crippen MR) is 137 cm³/mol. The second-order valence-corrected chi connectivity index (χ2v) is 9.08. The lowest BCUT2D eigenvalue weighted by Gasteiger charge is -2.35. The summed E-state index contributed by atoms with van der Waals surface area (Å²) in [7, 11) is 1.54. The first-order valence-electron chi connectivity index (χ1n) is 11.8. The number of pyridine rings is 1. The Morgan fingerprint density at radius 2 is 1.75 bits per heavy atom. The van der Waals surface area contributed by atoms with Crippen LogP contribution in [-0.4, -0.2) is 44.4 Å². The van der Waals surface area contributed by atoms with Crippen molar-refractivity contribution >= 4 is 28.5 Å². The third kappa shape index (κ3) is 5.19. The van der Waals surface area contributed by atoms with E-state index in [1.165, 1.54) is 16.7 Å². The highest BCUT2D eigenvalue weighted by atomic mass is 16.5. The van der Waals surface area contributed by atoms with Crippen molar-refractivity contribution in [2.45, 2.75) is 45.3 Å². The number of benzene rings is 2. The molecule has 36 heavy (non-hydrogen) atoms. The fraction of sp³-hybridized carbons (Fsp3) is 0.296. The number of hydrogen-bond acceptors (Lipinski definition) is 6. The molecule has 0 bridgehead atoms. The lowest BCUT2D eigenvalue weighted by atomic mass is 9.98. The molecule has 0 aliphatic carbocycles. The number of hydrogen-bond donors (Lipinski definition) is 1. The van der Waals surface area contributed by atoms with Crippen LogP contribution in [0.5, 0.6) is 5.75 Å². The quantitative estimate of drug-likeness (QED) is 0.385. The Morgan fingerprint density at radius 1 is 1.06 bits per heavy atom. The SMILES string of the molecule is CCC(C)(C)NC(=O)[C@H](c1ccncc1)N(C(=O)Cn1nnc2ccccc21)c1ccccc1OC. The molecular weight excluding hydrogens is 456 g/mol. The number of aromatic nitrogens is 4. The zero-order chi connectivity index (χ0) is 25.7. The van der Waals surface area contributed by atoms with Crippen LogP contribution in [0.25, 0.3) is 11.0 Å². The molecule has 9 heteroatoms. The van der Waals surface area contributed by atoms with Gasteiger partial charge in [-0.05, 0) is 62.2 Å². The molecule has 4 rings (SSSR count). The highest BCUT2D eigenvalue weighted by Gasteiger charge is 2.36. The lowest BCUT2D eigenvalue weighted by molar-refractivity contribution is -0.128. The Bertz CT molecular complexity index is 1350. The van der Waals surface area contributed by atoms with E-state index in [-0.39, 0.29) is 18.4 Å². The molecule has 0 aliphatic rings. The Hall–Kier alpha value is -4.27. The van der Waals surface area contributed by atoms with Crippen LogP contribution in [0.2, 0.25) is 0 Å². The van der Waals surface area contributed by atoms with Crippen molar-refractivity contribution in [1.29, 1.82) is 0 Å². The zero-order valence-corrected chi connectivity index (χ0v) is 20.9. The van der Waals surface area contributed by atoms with E-state index in [4.69, 9.17) is 4.74 Å². The Balaban J connectivity index is 1.84. The van der Waals surface area contributed by atoms with Gasteiger partial charge in [0, 0.05) is 17.9 Å². The van der Waals surface area contributed by atoms with Gasteiger partial charge in [0.1, 0.15) is 23.9 Å². The molecule has 0 saturated carbocycles. The second kappa shape index (κ2) is 10.6. The molecule has 1 N–H and O–H groups in total. The summed E-state index contributed by atoms with van der Waals surface area (Å²) in [6.07, 6.45) is 3.93. The van der Waals surface area contributed by atoms with E-state index in [2.05, 4.69) is 20.6 Å². The minimum atomic E-state index is -0.975. The zero-order valence-electron chi connectivity index (χ0n) is 20.9. The van der Waals surface area contributed by atoms with Crippen LogP contribution in [0.1, 0.15) is 38.8 Å². The standard InChI is InChI=1S/C27H30N6O3/c1-5-27(2,3)29-26(35)25(19-14-16-28-17-15-19)33(22-12-8-9-13-23(22)36-4)24(34)18-32-21-11-7-6-10-20(21)30-31-32/h6-17,25H,5,18H2,1-4H3,(H,29,35)/t25-/m0/s1. The molecule has 0 unspecified atom stereocenters. The minimum absolute atomic E-state index is 0.120. The molecule has 2 aromatic heterocycles. The maximum atomic E-state index is 14.1. The van der Waals surface area contributed by atoms with E-state index in [0.29, 0.717) is 22.5 Å². The molecule has 9 nitrogen and oxygen atoms in total. The summed E-state index contributed by atoms with van der Waals surface area (Å²) in [6.45, 7) is 5.78. The number of methoxy groups -OCH3 is 1. The molecule has 4 aromatic rings. The van der Waals surface area contributed by atoms with E-state index in [1.807, 2.05) is 51.1 Å². The molecule has 1 atom stereocenters. The van der Waals surface area contributed by atoms with Gasteiger partial charge in [0.2, 0.25) is 11.8 Å². The normalized spacial score (nSPS) is 12.2. The number of ether oxygens (including phenoxy) is 1. The van der Waals surface area contributed by atoms with Gasteiger partial charge in [-0.15, -0.1) is 5.10 Å². The molecule has 0 radical (unpaired) electrons. The van der Waals surface area contributed by atoms with Gasteiger partial charge in [-0.3, -0.25) is 19.5 Å². The van der Waals surface area contributed by atoms with Crippen molar-refractivity contribution in [1.82, 2.24) is 25.3 Å². The second-order valence-electron chi connectivity index (χ2n) is 9.08. The third-order valence-electron chi connectivity index (χ3n) is 6.19. The minimum Gasteiger partial charge on any atom is -0.495 e. The number of carbonyl (C=O) groups is 2. The molecule has 186 valence electrons. The van der Waals surface area contributed by atoms with Crippen molar-refractivity contribution < 1.29 is 14.3 Å². The maximum Gasteiger partial charge on any atom is 0.249 e. The molecular formula is C27H30N6O3. The number of anilines is 1. The van der Waals surface area contributed by atoms with E-state index < -0.39 is 11.6 Å². The summed E-state index contributed by atoms with van der Waals surface area (Å²) in [5, 5.41) is 11.5. The van der Waals surface area contributed by atoms with Gasteiger partial charge < -0.3 is 10.1 Å². The molecule has 2 aromatic carbocycles. The predicted octanol–water partition coefficient (Wildman–Crippen LogP) is 3.91. The highest BCUT2D eigenvalue weighted by molar-refractivity contribution is 6.02. The number of amides is 2. The van der Waals surface area contributed by atoms with Crippen LogP contribution in [-0.2, 0) is 16.1 Å². The summed E-state index contributed by atoms with van der Waals surface area (Å²) in [4.78, 5) is 33.5. The van der Waals surface area contributed by atoms with Crippen molar-refractivity contribution in [3.63, 3.8) is 0 Å². The Morgan fingerprint density at radius 3 is 2.47 bits per heavy atom. The first kappa shape index (κ1) is 24.8. The van der Waals surface area contributed by atoms with Crippen LogP contribution < -0.4 is 15.0 Å². The average Bonchev–Trinajstić information content (AvgIpc) is 3.30. The smallest absolute Gasteiger partial charge is 0.249 e. The Labute approximate surface area is 210 Å². The van der Waals surface area contributed by atoms with Gasteiger partial charge in [0.05, 0.1) is 18.3 Å². The van der Waals surface area contributed by atoms with Gasteiger partial charge >= 0.3 is 0 Å². The number of carbonyl (C=O) groups excluding carboxylic acids is 2. The van der Waals surface area contributed by atoms with Crippen molar-refractivity contribution in [2.24, 2.45) is 0 Å². The molecule has 0 fully saturated rings.